The number of likely N-dealkylation sites (tertiary alicyclic amines) is 1. The fourth-order valence-electron chi connectivity index (χ4n) is 4.04. The van der Waals surface area contributed by atoms with Crippen molar-refractivity contribution in [3.8, 4) is 0 Å². The van der Waals surface area contributed by atoms with E-state index in [1.807, 2.05) is 49.3 Å². The van der Waals surface area contributed by atoms with Crippen LogP contribution in [0.1, 0.15) is 41.1 Å². The molecule has 2 aromatic heterocycles. The van der Waals surface area contributed by atoms with Gasteiger partial charge in [-0.2, -0.15) is 0 Å². The number of carbonyl (C=O) groups excluding carboxylic acids is 1. The molecule has 3 heterocycles. The standard InChI is InChI=1S/C21H26N4O/c1-15-18-5-3-4-6-19(18)23-20(15)21(26)25-12-8-17(9-13-25)7-11-24-14-10-22-16(24)2/h3-6,10,14,17,23H,7-9,11-13H2,1-2H3. The van der Waals surface area contributed by atoms with E-state index >= 15 is 0 Å². The summed E-state index contributed by atoms with van der Waals surface area (Å²) in [5.74, 6) is 1.90. The Hall–Kier alpha value is -2.56. The fourth-order valence-corrected chi connectivity index (χ4v) is 4.04. The van der Waals surface area contributed by atoms with E-state index in [0.29, 0.717) is 5.92 Å². The van der Waals surface area contributed by atoms with Crippen LogP contribution < -0.4 is 0 Å². The summed E-state index contributed by atoms with van der Waals surface area (Å²) in [5, 5.41) is 1.14. The summed E-state index contributed by atoms with van der Waals surface area (Å²) in [5.41, 5.74) is 2.85. The summed E-state index contributed by atoms with van der Waals surface area (Å²) < 4.78 is 2.21. The van der Waals surface area contributed by atoms with E-state index in [-0.39, 0.29) is 5.91 Å². The fraction of sp³-hybridized carbons (Fsp3) is 0.429. The van der Waals surface area contributed by atoms with Crippen molar-refractivity contribution in [2.45, 2.75) is 39.7 Å². The number of hydrogen-bond acceptors (Lipinski definition) is 2. The Morgan fingerprint density at radius 3 is 2.69 bits per heavy atom. The molecule has 0 bridgehead atoms. The van der Waals surface area contributed by atoms with Gasteiger partial charge in [-0.05, 0) is 50.7 Å². The highest BCUT2D eigenvalue weighted by Gasteiger charge is 2.26. The second kappa shape index (κ2) is 6.98. The quantitative estimate of drug-likeness (QED) is 0.775. The van der Waals surface area contributed by atoms with Gasteiger partial charge < -0.3 is 14.5 Å². The lowest BCUT2D eigenvalue weighted by Crippen LogP contribution is -2.39. The molecule has 1 N–H and O–H groups in total. The van der Waals surface area contributed by atoms with Crippen LogP contribution in [-0.4, -0.2) is 38.4 Å². The Morgan fingerprint density at radius 1 is 1.23 bits per heavy atom. The number of aromatic nitrogens is 3. The number of nitrogens with zero attached hydrogens (tertiary/aromatic N) is 3. The third-order valence-corrected chi connectivity index (χ3v) is 5.78. The predicted molar refractivity (Wildman–Crippen MR) is 103 cm³/mol. The normalized spacial score (nSPS) is 15.7. The number of imidazole rings is 1. The maximum Gasteiger partial charge on any atom is 0.270 e. The number of para-hydroxylation sites is 1. The van der Waals surface area contributed by atoms with E-state index in [1.54, 1.807) is 0 Å². The van der Waals surface area contributed by atoms with Crippen LogP contribution in [0.15, 0.2) is 36.7 Å². The molecule has 5 nitrogen and oxygen atoms in total. The van der Waals surface area contributed by atoms with Crippen LogP contribution in [-0.2, 0) is 6.54 Å². The molecule has 0 spiro atoms. The van der Waals surface area contributed by atoms with Crippen molar-refractivity contribution in [2.75, 3.05) is 13.1 Å². The third-order valence-electron chi connectivity index (χ3n) is 5.78. The highest BCUT2D eigenvalue weighted by molar-refractivity contribution is 6.00. The molecule has 136 valence electrons. The van der Waals surface area contributed by atoms with Crippen molar-refractivity contribution in [3.05, 3.63) is 53.7 Å². The largest absolute Gasteiger partial charge is 0.350 e. The van der Waals surface area contributed by atoms with Crippen LogP contribution in [0.25, 0.3) is 10.9 Å². The first-order chi connectivity index (χ1) is 12.6. The predicted octanol–water partition coefficient (Wildman–Crippen LogP) is 3.92. The number of amides is 1. The van der Waals surface area contributed by atoms with E-state index in [2.05, 4.69) is 20.6 Å². The van der Waals surface area contributed by atoms with Gasteiger partial charge in [0.05, 0.1) is 0 Å². The van der Waals surface area contributed by atoms with Crippen molar-refractivity contribution < 1.29 is 4.79 Å². The van der Waals surface area contributed by atoms with Gasteiger partial charge in [-0.3, -0.25) is 4.79 Å². The minimum atomic E-state index is 0.141. The van der Waals surface area contributed by atoms with E-state index in [0.717, 1.165) is 66.9 Å². The van der Waals surface area contributed by atoms with Crippen LogP contribution in [0.3, 0.4) is 0 Å². The van der Waals surface area contributed by atoms with Gasteiger partial charge in [-0.25, -0.2) is 4.98 Å². The summed E-state index contributed by atoms with van der Waals surface area (Å²) in [6.07, 6.45) is 7.23. The van der Waals surface area contributed by atoms with Crippen molar-refractivity contribution in [2.24, 2.45) is 5.92 Å². The Labute approximate surface area is 154 Å². The number of hydrogen-bond donors (Lipinski definition) is 1. The maximum absolute atomic E-state index is 13.0. The first kappa shape index (κ1) is 16.9. The zero-order valence-electron chi connectivity index (χ0n) is 15.5. The monoisotopic (exact) mass is 350 g/mol. The lowest BCUT2D eigenvalue weighted by atomic mass is 9.93. The molecule has 0 unspecified atom stereocenters. The number of aromatic amines is 1. The molecule has 1 aromatic carbocycles. The Kier molecular flexibility index (Phi) is 4.53. The van der Waals surface area contributed by atoms with Crippen LogP contribution in [0.2, 0.25) is 0 Å². The minimum absolute atomic E-state index is 0.141. The molecule has 0 radical (unpaired) electrons. The Bertz CT molecular complexity index is 915. The molecular formula is C21H26N4O. The van der Waals surface area contributed by atoms with E-state index < -0.39 is 0 Å². The summed E-state index contributed by atoms with van der Waals surface area (Å²) in [6, 6.07) is 8.12. The number of rotatable bonds is 4. The lowest BCUT2D eigenvalue weighted by molar-refractivity contribution is 0.0679. The van der Waals surface area contributed by atoms with Gasteiger partial charge >= 0.3 is 0 Å². The number of nitrogens with one attached hydrogen (secondary N) is 1. The Balaban J connectivity index is 1.37. The lowest BCUT2D eigenvalue weighted by Gasteiger charge is -2.32. The number of carbonyl (C=O) groups is 1. The zero-order valence-corrected chi connectivity index (χ0v) is 15.5. The van der Waals surface area contributed by atoms with E-state index in [9.17, 15) is 4.79 Å². The zero-order chi connectivity index (χ0) is 18.1. The van der Waals surface area contributed by atoms with Gasteiger partial charge in [0.15, 0.2) is 0 Å². The first-order valence-corrected chi connectivity index (χ1v) is 9.48. The van der Waals surface area contributed by atoms with Crippen molar-refractivity contribution in [1.82, 2.24) is 19.4 Å². The summed E-state index contributed by atoms with van der Waals surface area (Å²) in [4.78, 5) is 22.6. The highest BCUT2D eigenvalue weighted by Crippen LogP contribution is 2.26. The second-order valence-corrected chi connectivity index (χ2v) is 7.36. The van der Waals surface area contributed by atoms with Gasteiger partial charge in [0, 0.05) is 42.9 Å². The van der Waals surface area contributed by atoms with Gasteiger partial charge in [0.1, 0.15) is 11.5 Å². The van der Waals surface area contributed by atoms with E-state index in [1.165, 1.54) is 0 Å². The number of aryl methyl sites for hydroxylation is 3. The molecule has 5 heteroatoms. The van der Waals surface area contributed by atoms with Crippen molar-refractivity contribution >= 4 is 16.8 Å². The Morgan fingerprint density at radius 2 is 2.00 bits per heavy atom. The number of benzene rings is 1. The minimum Gasteiger partial charge on any atom is -0.350 e. The molecule has 0 aliphatic carbocycles. The molecule has 0 saturated carbocycles. The third kappa shape index (κ3) is 3.14. The summed E-state index contributed by atoms with van der Waals surface area (Å²) >= 11 is 0. The van der Waals surface area contributed by atoms with Crippen LogP contribution in [0.5, 0.6) is 0 Å². The van der Waals surface area contributed by atoms with E-state index in [4.69, 9.17) is 0 Å². The SMILES string of the molecule is Cc1c(C(=O)N2CCC(CCn3ccnc3C)CC2)[nH]c2ccccc12. The van der Waals surface area contributed by atoms with Gasteiger partial charge in [0.2, 0.25) is 0 Å². The molecule has 1 aliphatic rings. The molecule has 4 rings (SSSR count). The molecule has 1 saturated heterocycles. The van der Waals surface area contributed by atoms with Crippen molar-refractivity contribution in [1.29, 1.82) is 0 Å². The van der Waals surface area contributed by atoms with Gasteiger partial charge in [0.25, 0.3) is 5.91 Å². The molecule has 1 aliphatic heterocycles. The highest BCUT2D eigenvalue weighted by atomic mass is 16.2. The number of piperidine rings is 1. The van der Waals surface area contributed by atoms with Crippen LogP contribution in [0, 0.1) is 19.8 Å². The molecular weight excluding hydrogens is 324 g/mol. The number of fused-ring (bicyclic) bond motifs is 1. The molecule has 1 amide bonds. The van der Waals surface area contributed by atoms with Crippen LogP contribution in [0.4, 0.5) is 0 Å². The number of H-pyrrole nitrogens is 1. The molecule has 26 heavy (non-hydrogen) atoms. The maximum atomic E-state index is 13.0. The summed E-state index contributed by atoms with van der Waals surface area (Å²) in [6.45, 7) is 6.80. The molecule has 0 atom stereocenters. The molecule has 1 fully saturated rings. The average molecular weight is 350 g/mol. The first-order valence-electron chi connectivity index (χ1n) is 9.48. The topological polar surface area (TPSA) is 53.9 Å². The van der Waals surface area contributed by atoms with Gasteiger partial charge in [-0.1, -0.05) is 18.2 Å². The molecule has 3 aromatic rings. The average Bonchev–Trinajstić information content (AvgIpc) is 3.23. The smallest absolute Gasteiger partial charge is 0.270 e. The van der Waals surface area contributed by atoms with Crippen molar-refractivity contribution in [3.63, 3.8) is 0 Å². The second-order valence-electron chi connectivity index (χ2n) is 7.36. The van der Waals surface area contributed by atoms with Gasteiger partial charge in [-0.15, -0.1) is 0 Å². The van der Waals surface area contributed by atoms with Crippen LogP contribution >= 0.6 is 0 Å². The summed E-state index contributed by atoms with van der Waals surface area (Å²) in [7, 11) is 0.